The second-order valence-electron chi connectivity index (χ2n) is 2.74. The number of hydrogen-bond donors (Lipinski definition) is 3. The van der Waals surface area contributed by atoms with Crippen LogP contribution in [0.15, 0.2) is 16.3 Å². The van der Waals surface area contributed by atoms with Crippen LogP contribution >= 0.6 is 0 Å². The zero-order chi connectivity index (χ0) is 8.55. The molecular formula is C7H9N3O2. The number of carboxylic acids is 1. The molecule has 0 saturated carbocycles. The molecule has 12 heavy (non-hydrogen) atoms. The first-order valence-electron chi connectivity index (χ1n) is 3.73. The summed E-state index contributed by atoms with van der Waals surface area (Å²) in [5.41, 5.74) is 1.04. The van der Waals surface area contributed by atoms with E-state index in [4.69, 9.17) is 5.11 Å². The van der Waals surface area contributed by atoms with Gasteiger partial charge in [0.1, 0.15) is 0 Å². The van der Waals surface area contributed by atoms with Crippen LogP contribution < -0.4 is 10.6 Å². The molecule has 0 aromatic carbocycles. The van der Waals surface area contributed by atoms with Crippen molar-refractivity contribution in [2.45, 2.75) is 6.04 Å². The Balaban J connectivity index is 2.38. The number of carbonyl (C=O) groups is 1. The molecule has 2 heterocycles. The molecule has 0 aromatic heterocycles. The van der Waals surface area contributed by atoms with Gasteiger partial charge in [-0.3, -0.25) is 10.3 Å². The molecule has 2 aliphatic rings. The summed E-state index contributed by atoms with van der Waals surface area (Å²) in [6.07, 6.45) is 1.41. The molecule has 0 radical (unpaired) electrons. The zero-order valence-corrected chi connectivity index (χ0v) is 6.37. The third-order valence-corrected chi connectivity index (χ3v) is 2.00. The smallest absolute Gasteiger partial charge is 0.339 e. The number of fused-ring (bicyclic) bond motifs is 1. The zero-order valence-electron chi connectivity index (χ0n) is 6.37. The highest BCUT2D eigenvalue weighted by atomic mass is 16.4. The van der Waals surface area contributed by atoms with Crippen LogP contribution in [0.2, 0.25) is 0 Å². The second-order valence-corrected chi connectivity index (χ2v) is 2.74. The molecule has 5 heteroatoms. The highest BCUT2D eigenvalue weighted by Crippen LogP contribution is 2.13. The van der Waals surface area contributed by atoms with E-state index in [1.165, 1.54) is 6.21 Å². The van der Waals surface area contributed by atoms with Crippen LogP contribution in [0.5, 0.6) is 0 Å². The molecule has 0 aliphatic carbocycles. The molecule has 1 saturated heterocycles. The molecule has 2 aliphatic heterocycles. The van der Waals surface area contributed by atoms with Gasteiger partial charge < -0.3 is 10.4 Å². The topological polar surface area (TPSA) is 73.7 Å². The molecule has 3 N–H and O–H groups in total. The van der Waals surface area contributed by atoms with Gasteiger partial charge in [0.2, 0.25) is 0 Å². The van der Waals surface area contributed by atoms with Gasteiger partial charge in [0.25, 0.3) is 0 Å². The van der Waals surface area contributed by atoms with Crippen LogP contribution in [0, 0.1) is 0 Å². The minimum absolute atomic E-state index is 0.0705. The van der Waals surface area contributed by atoms with E-state index in [-0.39, 0.29) is 11.6 Å². The Bertz CT molecular complexity index is 282. The highest BCUT2D eigenvalue weighted by molar-refractivity contribution is 6.09. The van der Waals surface area contributed by atoms with Crippen LogP contribution in [-0.4, -0.2) is 36.5 Å². The largest absolute Gasteiger partial charge is 0.478 e. The highest BCUT2D eigenvalue weighted by Gasteiger charge is 2.27. The lowest BCUT2D eigenvalue weighted by Gasteiger charge is -2.14. The van der Waals surface area contributed by atoms with Crippen molar-refractivity contribution in [3.63, 3.8) is 0 Å². The van der Waals surface area contributed by atoms with Crippen molar-refractivity contribution in [1.82, 2.24) is 10.6 Å². The lowest BCUT2D eigenvalue weighted by molar-refractivity contribution is -0.132. The predicted octanol–water partition coefficient (Wildman–Crippen LogP) is -1.07. The Kier molecular flexibility index (Phi) is 1.58. The van der Waals surface area contributed by atoms with Gasteiger partial charge in [-0.1, -0.05) is 0 Å². The summed E-state index contributed by atoms with van der Waals surface area (Å²) in [5, 5.41) is 14.9. The van der Waals surface area contributed by atoms with Gasteiger partial charge >= 0.3 is 5.97 Å². The maximum Gasteiger partial charge on any atom is 0.339 e. The minimum Gasteiger partial charge on any atom is -0.478 e. The maximum absolute atomic E-state index is 10.7. The number of nitrogens with zero attached hydrogens (tertiary/aromatic N) is 1. The van der Waals surface area contributed by atoms with Gasteiger partial charge in [-0.05, 0) is 0 Å². The standard InChI is InChI=1S/C7H9N3O2/c11-7(12)4-1-8-2-5-6(4)10-3-9-5/h1,5,9-10H,2-3H2,(H,11,12). The van der Waals surface area contributed by atoms with E-state index >= 15 is 0 Å². The average Bonchev–Trinajstić information content (AvgIpc) is 2.49. The fraction of sp³-hybridized carbons (Fsp3) is 0.429. The van der Waals surface area contributed by atoms with Gasteiger partial charge in [0.05, 0.1) is 24.8 Å². The minimum atomic E-state index is -0.922. The number of aliphatic carboxylic acids is 1. The number of carboxylic acid groups (broad SMARTS) is 1. The average molecular weight is 167 g/mol. The molecule has 1 fully saturated rings. The molecule has 0 amide bonds. The van der Waals surface area contributed by atoms with E-state index in [0.717, 1.165) is 5.70 Å². The molecule has 1 unspecified atom stereocenters. The van der Waals surface area contributed by atoms with E-state index in [2.05, 4.69) is 15.6 Å². The maximum atomic E-state index is 10.7. The van der Waals surface area contributed by atoms with E-state index in [0.29, 0.717) is 13.2 Å². The molecule has 1 atom stereocenters. The second kappa shape index (κ2) is 2.60. The number of hydrogen-bond acceptors (Lipinski definition) is 4. The summed E-state index contributed by atoms with van der Waals surface area (Å²) in [5.74, 6) is -0.922. The van der Waals surface area contributed by atoms with Crippen molar-refractivity contribution in [2.24, 2.45) is 4.99 Å². The number of aliphatic imine (C=N–C) groups is 1. The fourth-order valence-corrected chi connectivity index (χ4v) is 1.42. The third kappa shape index (κ3) is 0.984. The molecule has 5 nitrogen and oxygen atoms in total. The molecule has 0 spiro atoms. The Labute approximate surface area is 69.2 Å². The SMILES string of the molecule is O=C(O)C1=C2NCNC2CN=C1. The number of dihydropyridines is 1. The molecule has 0 aromatic rings. The molecule has 0 bridgehead atoms. The normalized spacial score (nSPS) is 26.8. The molecule has 2 rings (SSSR count). The van der Waals surface area contributed by atoms with Crippen molar-refractivity contribution in [2.75, 3.05) is 13.2 Å². The molecule has 64 valence electrons. The van der Waals surface area contributed by atoms with Gasteiger partial charge in [0, 0.05) is 11.9 Å². The van der Waals surface area contributed by atoms with E-state index in [1.807, 2.05) is 0 Å². The fourth-order valence-electron chi connectivity index (χ4n) is 1.42. The number of rotatable bonds is 1. The van der Waals surface area contributed by atoms with Gasteiger partial charge in [-0.2, -0.15) is 0 Å². The van der Waals surface area contributed by atoms with E-state index in [1.54, 1.807) is 0 Å². The third-order valence-electron chi connectivity index (χ3n) is 2.00. The lowest BCUT2D eigenvalue weighted by atomic mass is 10.1. The van der Waals surface area contributed by atoms with Crippen molar-refractivity contribution in [3.05, 3.63) is 11.3 Å². The lowest BCUT2D eigenvalue weighted by Crippen LogP contribution is -2.30. The van der Waals surface area contributed by atoms with Crippen molar-refractivity contribution < 1.29 is 9.90 Å². The van der Waals surface area contributed by atoms with Crippen LogP contribution in [0.1, 0.15) is 0 Å². The summed E-state index contributed by atoms with van der Waals surface area (Å²) in [6, 6.07) is 0.0705. The van der Waals surface area contributed by atoms with Gasteiger partial charge in [-0.15, -0.1) is 0 Å². The van der Waals surface area contributed by atoms with Crippen LogP contribution in [0.4, 0.5) is 0 Å². The van der Waals surface area contributed by atoms with Crippen LogP contribution in [0.25, 0.3) is 0 Å². The Hall–Kier alpha value is -1.36. The van der Waals surface area contributed by atoms with Gasteiger partial charge in [0.15, 0.2) is 0 Å². The summed E-state index contributed by atoms with van der Waals surface area (Å²) < 4.78 is 0. The predicted molar refractivity (Wildman–Crippen MR) is 42.9 cm³/mol. The first-order chi connectivity index (χ1) is 5.79. The first-order valence-corrected chi connectivity index (χ1v) is 3.73. The summed E-state index contributed by atoms with van der Waals surface area (Å²) in [7, 11) is 0. The summed E-state index contributed by atoms with van der Waals surface area (Å²) >= 11 is 0. The first kappa shape index (κ1) is 7.30. The molecular weight excluding hydrogens is 158 g/mol. The summed E-state index contributed by atoms with van der Waals surface area (Å²) in [6.45, 7) is 1.25. The Morgan fingerprint density at radius 1 is 1.75 bits per heavy atom. The van der Waals surface area contributed by atoms with Crippen LogP contribution in [-0.2, 0) is 4.79 Å². The van der Waals surface area contributed by atoms with Crippen molar-refractivity contribution in [1.29, 1.82) is 0 Å². The van der Waals surface area contributed by atoms with E-state index < -0.39 is 5.97 Å². The van der Waals surface area contributed by atoms with Crippen molar-refractivity contribution in [3.8, 4) is 0 Å². The number of nitrogens with one attached hydrogen (secondary N) is 2. The quantitative estimate of drug-likeness (QED) is 0.465. The monoisotopic (exact) mass is 167 g/mol. The van der Waals surface area contributed by atoms with E-state index in [9.17, 15) is 4.79 Å². The van der Waals surface area contributed by atoms with Crippen molar-refractivity contribution >= 4 is 12.2 Å². The Morgan fingerprint density at radius 3 is 3.33 bits per heavy atom. The summed E-state index contributed by atoms with van der Waals surface area (Å²) in [4.78, 5) is 14.6. The van der Waals surface area contributed by atoms with Gasteiger partial charge in [-0.25, -0.2) is 4.79 Å². The Morgan fingerprint density at radius 2 is 2.58 bits per heavy atom. The van der Waals surface area contributed by atoms with Crippen LogP contribution in [0.3, 0.4) is 0 Å².